The highest BCUT2D eigenvalue weighted by Crippen LogP contribution is 2.23. The summed E-state index contributed by atoms with van der Waals surface area (Å²) in [5, 5.41) is 2.05. The van der Waals surface area contributed by atoms with Crippen molar-refractivity contribution in [1.82, 2.24) is 9.96 Å². The molecule has 0 amide bonds. The maximum absolute atomic E-state index is 5.87. The van der Waals surface area contributed by atoms with Crippen LogP contribution in [0.5, 0.6) is 0 Å². The van der Waals surface area contributed by atoms with Crippen molar-refractivity contribution in [2.75, 3.05) is 26.8 Å². The van der Waals surface area contributed by atoms with Gasteiger partial charge in [-0.15, -0.1) is 0 Å². The van der Waals surface area contributed by atoms with E-state index >= 15 is 0 Å². The van der Waals surface area contributed by atoms with Crippen molar-refractivity contribution in [3.8, 4) is 0 Å². The first-order chi connectivity index (χ1) is 12.8. The van der Waals surface area contributed by atoms with E-state index in [1.807, 2.05) is 19.1 Å². The number of piperidine rings is 1. The molecule has 0 spiro atoms. The van der Waals surface area contributed by atoms with Gasteiger partial charge in [0, 0.05) is 32.8 Å². The summed E-state index contributed by atoms with van der Waals surface area (Å²) in [5.41, 5.74) is 2.68. The van der Waals surface area contributed by atoms with Crippen LogP contribution in [0.25, 0.3) is 0 Å². The van der Waals surface area contributed by atoms with Crippen molar-refractivity contribution < 1.29 is 9.57 Å². The van der Waals surface area contributed by atoms with E-state index in [9.17, 15) is 0 Å². The van der Waals surface area contributed by atoms with Crippen LogP contribution in [0, 0.1) is 0 Å². The number of hydroxylamine groups is 2. The summed E-state index contributed by atoms with van der Waals surface area (Å²) >= 11 is 0. The van der Waals surface area contributed by atoms with E-state index in [2.05, 4.69) is 65.6 Å². The van der Waals surface area contributed by atoms with Crippen LogP contribution in [-0.2, 0) is 22.7 Å². The van der Waals surface area contributed by atoms with Crippen LogP contribution in [-0.4, -0.2) is 48.9 Å². The fourth-order valence-corrected chi connectivity index (χ4v) is 3.75. The van der Waals surface area contributed by atoms with Crippen LogP contribution in [0.3, 0.4) is 0 Å². The van der Waals surface area contributed by atoms with Crippen LogP contribution in [0.1, 0.15) is 24.5 Å². The molecule has 2 aromatic rings. The molecule has 1 saturated heterocycles. The van der Waals surface area contributed by atoms with Crippen molar-refractivity contribution in [3.05, 3.63) is 71.8 Å². The minimum Gasteiger partial charge on any atom is -0.378 e. The molecule has 4 heteroatoms. The summed E-state index contributed by atoms with van der Waals surface area (Å²) in [6.45, 7) is 6.35. The molecule has 140 valence electrons. The number of methoxy groups -OCH3 is 1. The monoisotopic (exact) mass is 354 g/mol. The molecule has 4 nitrogen and oxygen atoms in total. The molecule has 2 aromatic carbocycles. The van der Waals surface area contributed by atoms with Gasteiger partial charge in [0.15, 0.2) is 0 Å². The van der Waals surface area contributed by atoms with Crippen molar-refractivity contribution in [2.24, 2.45) is 0 Å². The van der Waals surface area contributed by atoms with E-state index in [0.717, 1.165) is 32.6 Å². The molecule has 2 atom stereocenters. The Morgan fingerprint density at radius 1 is 0.962 bits per heavy atom. The topological polar surface area (TPSA) is 24.9 Å². The lowest BCUT2D eigenvalue weighted by atomic mass is 9.99. The Bertz CT molecular complexity index is 594. The maximum atomic E-state index is 5.87. The van der Waals surface area contributed by atoms with Gasteiger partial charge in [0.1, 0.15) is 0 Å². The summed E-state index contributed by atoms with van der Waals surface area (Å²) in [4.78, 5) is 8.27. The highest BCUT2D eigenvalue weighted by molar-refractivity contribution is 5.17. The van der Waals surface area contributed by atoms with Crippen LogP contribution >= 0.6 is 0 Å². The number of ether oxygens (including phenoxy) is 1. The van der Waals surface area contributed by atoms with Gasteiger partial charge in [-0.3, -0.25) is 9.74 Å². The summed E-state index contributed by atoms with van der Waals surface area (Å²) in [7, 11) is 1.82. The minimum absolute atomic E-state index is 0.141. The number of hydrogen-bond donors (Lipinski definition) is 0. The van der Waals surface area contributed by atoms with E-state index in [1.165, 1.54) is 11.1 Å². The molecule has 1 aliphatic heterocycles. The molecule has 0 radical (unpaired) electrons. The Balaban J connectivity index is 1.77. The van der Waals surface area contributed by atoms with E-state index in [-0.39, 0.29) is 6.10 Å². The van der Waals surface area contributed by atoms with Gasteiger partial charge < -0.3 is 4.74 Å². The number of hydrogen-bond acceptors (Lipinski definition) is 4. The number of benzene rings is 2. The normalized spacial score (nSPS) is 21.2. The van der Waals surface area contributed by atoms with E-state index in [1.54, 1.807) is 0 Å². The second-order valence-electron chi connectivity index (χ2n) is 6.81. The maximum Gasteiger partial charge on any atom is 0.0877 e. The standard InChI is InChI=1S/C22H30N2O2/c1-3-26-24-15-14-21(22(18-24)25-2)23(16-19-10-6-4-7-11-19)17-20-12-8-5-9-13-20/h4-13,21-22H,3,14-18H2,1-2H3/t21-,22+/m1/s1. The van der Waals surface area contributed by atoms with Crippen molar-refractivity contribution in [2.45, 2.75) is 38.6 Å². The molecular weight excluding hydrogens is 324 g/mol. The molecule has 0 N–H and O–H groups in total. The van der Waals surface area contributed by atoms with E-state index < -0.39 is 0 Å². The Kier molecular flexibility index (Phi) is 7.21. The third-order valence-corrected chi connectivity index (χ3v) is 5.03. The van der Waals surface area contributed by atoms with E-state index in [4.69, 9.17) is 9.57 Å². The lowest BCUT2D eigenvalue weighted by Crippen LogP contribution is -2.54. The van der Waals surface area contributed by atoms with Crippen molar-refractivity contribution >= 4 is 0 Å². The minimum atomic E-state index is 0.141. The Hall–Kier alpha value is -1.72. The third kappa shape index (κ3) is 5.15. The second-order valence-corrected chi connectivity index (χ2v) is 6.81. The molecule has 1 heterocycles. The second kappa shape index (κ2) is 9.83. The van der Waals surface area contributed by atoms with Crippen LogP contribution in [0.4, 0.5) is 0 Å². The summed E-state index contributed by atoms with van der Waals surface area (Å²) in [5.74, 6) is 0. The predicted molar refractivity (Wildman–Crippen MR) is 105 cm³/mol. The quantitative estimate of drug-likeness (QED) is 0.721. The number of rotatable bonds is 8. The molecule has 0 aliphatic carbocycles. The van der Waals surface area contributed by atoms with Crippen LogP contribution in [0.2, 0.25) is 0 Å². The van der Waals surface area contributed by atoms with Gasteiger partial charge in [-0.25, -0.2) is 0 Å². The van der Waals surface area contributed by atoms with Gasteiger partial charge in [-0.1, -0.05) is 60.7 Å². The first-order valence-electron chi connectivity index (χ1n) is 9.52. The molecule has 3 rings (SSSR count). The Morgan fingerprint density at radius 2 is 1.54 bits per heavy atom. The lowest BCUT2D eigenvalue weighted by Gasteiger charge is -2.42. The SMILES string of the molecule is CCON1CC[C@@H](N(Cc2ccccc2)Cc2ccccc2)[C@@H](OC)C1. The summed E-state index contributed by atoms with van der Waals surface area (Å²) < 4.78 is 5.87. The van der Waals surface area contributed by atoms with Crippen molar-refractivity contribution in [3.63, 3.8) is 0 Å². The Morgan fingerprint density at radius 3 is 2.04 bits per heavy atom. The molecule has 0 bridgehead atoms. The Labute approximate surface area is 157 Å². The molecule has 1 fully saturated rings. The average molecular weight is 354 g/mol. The first-order valence-corrected chi connectivity index (χ1v) is 9.52. The molecule has 0 unspecified atom stereocenters. The third-order valence-electron chi connectivity index (χ3n) is 5.03. The smallest absolute Gasteiger partial charge is 0.0877 e. The molecule has 0 aromatic heterocycles. The fourth-order valence-electron chi connectivity index (χ4n) is 3.75. The lowest BCUT2D eigenvalue weighted by molar-refractivity contribution is -0.200. The predicted octanol–water partition coefficient (Wildman–Crippen LogP) is 3.73. The molecule has 1 aliphatic rings. The van der Waals surface area contributed by atoms with Crippen molar-refractivity contribution in [1.29, 1.82) is 0 Å². The zero-order valence-electron chi connectivity index (χ0n) is 15.9. The zero-order chi connectivity index (χ0) is 18.2. The first kappa shape index (κ1) is 19.1. The van der Waals surface area contributed by atoms with Crippen LogP contribution in [0.15, 0.2) is 60.7 Å². The molecular formula is C22H30N2O2. The fraction of sp³-hybridized carbons (Fsp3) is 0.455. The highest BCUT2D eigenvalue weighted by Gasteiger charge is 2.34. The van der Waals surface area contributed by atoms with Gasteiger partial charge in [-0.05, 0) is 24.5 Å². The number of nitrogens with zero attached hydrogens (tertiary/aromatic N) is 2. The van der Waals surface area contributed by atoms with Gasteiger partial charge in [0.05, 0.1) is 19.3 Å². The largest absolute Gasteiger partial charge is 0.378 e. The van der Waals surface area contributed by atoms with Gasteiger partial charge in [0.2, 0.25) is 0 Å². The summed E-state index contributed by atoms with van der Waals surface area (Å²) in [6.07, 6.45) is 1.18. The van der Waals surface area contributed by atoms with Gasteiger partial charge in [0.25, 0.3) is 0 Å². The summed E-state index contributed by atoms with van der Waals surface area (Å²) in [6, 6.07) is 21.8. The molecule has 26 heavy (non-hydrogen) atoms. The highest BCUT2D eigenvalue weighted by atomic mass is 16.7. The zero-order valence-corrected chi connectivity index (χ0v) is 15.9. The van der Waals surface area contributed by atoms with Crippen LogP contribution < -0.4 is 0 Å². The van der Waals surface area contributed by atoms with Gasteiger partial charge in [-0.2, -0.15) is 5.06 Å². The van der Waals surface area contributed by atoms with Gasteiger partial charge >= 0.3 is 0 Å². The van der Waals surface area contributed by atoms with E-state index in [0.29, 0.717) is 12.6 Å². The average Bonchev–Trinajstić information content (AvgIpc) is 2.69. The molecule has 0 saturated carbocycles.